The van der Waals surface area contributed by atoms with E-state index in [1.165, 1.54) is 16.4 Å². The van der Waals surface area contributed by atoms with Crippen LogP contribution in [-0.4, -0.2) is 31.8 Å². The van der Waals surface area contributed by atoms with E-state index in [0.29, 0.717) is 25.1 Å². The van der Waals surface area contributed by atoms with Crippen LogP contribution in [0.25, 0.3) is 0 Å². The lowest BCUT2D eigenvalue weighted by molar-refractivity contribution is -0.140. The summed E-state index contributed by atoms with van der Waals surface area (Å²) in [6.07, 6.45) is 2.03. The van der Waals surface area contributed by atoms with Crippen LogP contribution in [0.4, 0.5) is 4.39 Å². The molecule has 3 rings (SSSR count). The lowest BCUT2D eigenvalue weighted by Gasteiger charge is -2.30. The molecular weight excluding hydrogens is 369 g/mol. The van der Waals surface area contributed by atoms with Crippen molar-refractivity contribution in [3.05, 3.63) is 59.9 Å². The molecule has 2 aromatic carbocycles. The molecule has 1 saturated heterocycles. The Morgan fingerprint density at radius 3 is 2.44 bits per heavy atom. The number of ether oxygens (including phenoxy) is 1. The topological polar surface area (TPSA) is 63.7 Å². The van der Waals surface area contributed by atoms with Gasteiger partial charge in [0.05, 0.1) is 10.8 Å². The lowest BCUT2D eigenvalue weighted by atomic mass is 10.00. The molecule has 2 aromatic rings. The number of hydrogen-bond donors (Lipinski definition) is 0. The molecule has 0 N–H and O–H groups in total. The first-order valence-electron chi connectivity index (χ1n) is 8.96. The highest BCUT2D eigenvalue weighted by Gasteiger charge is 2.34. The first-order chi connectivity index (χ1) is 12.9. The van der Waals surface area contributed by atoms with Crippen LogP contribution < -0.4 is 4.74 Å². The van der Waals surface area contributed by atoms with Gasteiger partial charge in [0.25, 0.3) is 0 Å². The first-order valence-corrected chi connectivity index (χ1v) is 10.4. The summed E-state index contributed by atoms with van der Waals surface area (Å²) in [5, 5.41) is 0. The highest BCUT2D eigenvalue weighted by Crippen LogP contribution is 2.25. The van der Waals surface area contributed by atoms with Gasteiger partial charge in [-0.25, -0.2) is 12.8 Å². The Bertz CT molecular complexity index is 895. The number of carbonyl (C=O) groups is 1. The zero-order valence-electron chi connectivity index (χ0n) is 15.1. The van der Waals surface area contributed by atoms with Gasteiger partial charge in [-0.1, -0.05) is 19.1 Å². The minimum Gasteiger partial charge on any atom is -0.426 e. The normalized spacial score (nSPS) is 18.2. The molecule has 7 heteroatoms. The van der Waals surface area contributed by atoms with Crippen molar-refractivity contribution >= 4 is 16.0 Å². The minimum atomic E-state index is -3.77. The van der Waals surface area contributed by atoms with E-state index in [1.54, 1.807) is 12.1 Å². The van der Waals surface area contributed by atoms with Gasteiger partial charge < -0.3 is 4.74 Å². The Labute approximate surface area is 158 Å². The van der Waals surface area contributed by atoms with Gasteiger partial charge in [-0.3, -0.25) is 4.79 Å². The van der Waals surface area contributed by atoms with Crippen LogP contribution in [0.2, 0.25) is 0 Å². The average molecular weight is 391 g/mol. The van der Waals surface area contributed by atoms with Crippen LogP contribution in [0.5, 0.6) is 5.75 Å². The molecule has 1 fully saturated rings. The van der Waals surface area contributed by atoms with E-state index in [0.717, 1.165) is 24.1 Å². The second-order valence-corrected chi connectivity index (χ2v) is 8.51. The van der Waals surface area contributed by atoms with Gasteiger partial charge in [-0.15, -0.1) is 0 Å². The Hall–Kier alpha value is -2.25. The van der Waals surface area contributed by atoms with Gasteiger partial charge in [0.15, 0.2) is 0 Å². The Balaban J connectivity index is 1.69. The van der Waals surface area contributed by atoms with Crippen LogP contribution in [0.3, 0.4) is 0 Å². The van der Waals surface area contributed by atoms with Crippen molar-refractivity contribution in [3.8, 4) is 5.75 Å². The molecule has 0 unspecified atom stereocenters. The molecule has 0 saturated carbocycles. The predicted molar refractivity (Wildman–Crippen MR) is 99.3 cm³/mol. The predicted octanol–water partition coefficient (Wildman–Crippen LogP) is 3.39. The van der Waals surface area contributed by atoms with E-state index in [4.69, 9.17) is 4.74 Å². The molecular formula is C20H22FNO4S. The molecule has 1 heterocycles. The molecule has 144 valence electrons. The molecule has 1 atom stereocenters. The molecule has 1 aliphatic rings. The molecule has 0 aromatic heterocycles. The second kappa shape index (κ2) is 8.19. The molecule has 0 amide bonds. The quantitative estimate of drug-likeness (QED) is 0.579. The second-order valence-electron chi connectivity index (χ2n) is 6.57. The van der Waals surface area contributed by atoms with Crippen LogP contribution in [0, 0.1) is 11.7 Å². The zero-order valence-corrected chi connectivity index (χ0v) is 15.9. The van der Waals surface area contributed by atoms with Crippen molar-refractivity contribution in [2.45, 2.75) is 31.1 Å². The van der Waals surface area contributed by atoms with E-state index >= 15 is 0 Å². The average Bonchev–Trinajstić information content (AvgIpc) is 2.69. The molecule has 1 aliphatic heterocycles. The van der Waals surface area contributed by atoms with Gasteiger partial charge in [0.1, 0.15) is 11.6 Å². The summed E-state index contributed by atoms with van der Waals surface area (Å²) in [4.78, 5) is 12.5. The highest BCUT2D eigenvalue weighted by atomic mass is 32.2. The number of halogens is 1. The van der Waals surface area contributed by atoms with Crippen molar-refractivity contribution in [2.24, 2.45) is 5.92 Å². The van der Waals surface area contributed by atoms with Crippen LogP contribution in [0.15, 0.2) is 53.4 Å². The number of sulfonamides is 1. The molecule has 0 spiro atoms. The fraction of sp³-hybridized carbons (Fsp3) is 0.350. The maximum absolute atomic E-state index is 13.1. The standard InChI is InChI=1S/C20H22FNO4S/c1-2-15-5-9-18(10-6-15)26-20(23)16-4-3-13-22(14-16)27(24,25)19-11-7-17(21)8-12-19/h5-12,16H,2-4,13-14H2,1H3/t16-/m1/s1. The van der Waals surface area contributed by atoms with E-state index in [-0.39, 0.29) is 11.4 Å². The summed E-state index contributed by atoms with van der Waals surface area (Å²) < 4.78 is 45.3. The number of esters is 1. The van der Waals surface area contributed by atoms with Gasteiger partial charge in [-0.2, -0.15) is 4.31 Å². The maximum Gasteiger partial charge on any atom is 0.315 e. The summed E-state index contributed by atoms with van der Waals surface area (Å²) in [5.41, 5.74) is 1.14. The van der Waals surface area contributed by atoms with E-state index in [1.807, 2.05) is 19.1 Å². The third-order valence-electron chi connectivity index (χ3n) is 4.72. The van der Waals surface area contributed by atoms with E-state index < -0.39 is 27.7 Å². The lowest BCUT2D eigenvalue weighted by Crippen LogP contribution is -2.43. The summed E-state index contributed by atoms with van der Waals surface area (Å²) in [6.45, 7) is 2.43. The molecule has 5 nitrogen and oxygen atoms in total. The molecule has 0 bridgehead atoms. The van der Waals surface area contributed by atoms with Gasteiger partial charge in [-0.05, 0) is 61.2 Å². The summed E-state index contributed by atoms with van der Waals surface area (Å²) in [7, 11) is -3.77. The van der Waals surface area contributed by atoms with Crippen molar-refractivity contribution in [1.29, 1.82) is 0 Å². The van der Waals surface area contributed by atoms with Crippen molar-refractivity contribution < 1.29 is 22.3 Å². The van der Waals surface area contributed by atoms with Gasteiger partial charge in [0.2, 0.25) is 10.0 Å². The Kier molecular flexibility index (Phi) is 5.92. The number of piperidine rings is 1. The molecule has 27 heavy (non-hydrogen) atoms. The largest absolute Gasteiger partial charge is 0.426 e. The van der Waals surface area contributed by atoms with E-state index in [2.05, 4.69) is 0 Å². The molecule has 0 radical (unpaired) electrons. The monoisotopic (exact) mass is 391 g/mol. The number of benzene rings is 2. The van der Waals surface area contributed by atoms with E-state index in [9.17, 15) is 17.6 Å². The van der Waals surface area contributed by atoms with Gasteiger partial charge in [0, 0.05) is 13.1 Å². The SMILES string of the molecule is CCc1ccc(OC(=O)[C@@H]2CCCN(S(=O)(=O)c3ccc(F)cc3)C2)cc1. The number of nitrogens with zero attached hydrogens (tertiary/aromatic N) is 1. The number of rotatable bonds is 5. The zero-order chi connectivity index (χ0) is 19.4. The summed E-state index contributed by atoms with van der Waals surface area (Å²) in [5.74, 6) is -1.00. The van der Waals surface area contributed by atoms with Crippen molar-refractivity contribution in [3.63, 3.8) is 0 Å². The molecule has 0 aliphatic carbocycles. The van der Waals surface area contributed by atoms with Crippen molar-refractivity contribution in [1.82, 2.24) is 4.31 Å². The van der Waals surface area contributed by atoms with Crippen molar-refractivity contribution in [2.75, 3.05) is 13.1 Å². The van der Waals surface area contributed by atoms with Crippen LogP contribution in [-0.2, 0) is 21.2 Å². The Morgan fingerprint density at radius 2 is 1.81 bits per heavy atom. The summed E-state index contributed by atoms with van der Waals surface area (Å²) in [6, 6.07) is 12.0. The fourth-order valence-electron chi connectivity index (χ4n) is 3.10. The van der Waals surface area contributed by atoms with Gasteiger partial charge >= 0.3 is 5.97 Å². The minimum absolute atomic E-state index is 0.0214. The summed E-state index contributed by atoms with van der Waals surface area (Å²) >= 11 is 0. The maximum atomic E-state index is 13.1. The van der Waals surface area contributed by atoms with Crippen LogP contribution >= 0.6 is 0 Å². The number of carbonyl (C=O) groups excluding carboxylic acids is 1. The highest BCUT2D eigenvalue weighted by molar-refractivity contribution is 7.89. The Morgan fingerprint density at radius 1 is 1.15 bits per heavy atom. The third kappa shape index (κ3) is 4.54. The first kappa shape index (κ1) is 19.5. The number of hydrogen-bond acceptors (Lipinski definition) is 4. The third-order valence-corrected chi connectivity index (χ3v) is 6.60. The van der Waals surface area contributed by atoms with Crippen LogP contribution in [0.1, 0.15) is 25.3 Å². The number of aryl methyl sites for hydroxylation is 1. The fourth-order valence-corrected chi connectivity index (χ4v) is 4.63. The smallest absolute Gasteiger partial charge is 0.315 e.